The Morgan fingerprint density at radius 2 is 2.12 bits per heavy atom. The molecule has 3 heterocycles. The molecule has 0 spiro atoms. The van der Waals surface area contributed by atoms with E-state index in [1.165, 1.54) is 30.6 Å². The van der Waals surface area contributed by atoms with Gasteiger partial charge in [0, 0.05) is 38.4 Å². The third kappa shape index (κ3) is 4.67. The molecule has 2 aliphatic heterocycles. The fourth-order valence-corrected chi connectivity index (χ4v) is 4.89. The molecular weight excluding hydrogens is 492 g/mol. The van der Waals surface area contributed by atoms with Crippen LogP contribution in [0, 0.1) is 0 Å². The first-order chi connectivity index (χ1) is 16.0. The zero-order chi connectivity index (χ0) is 25.2. The Balaban J connectivity index is 1.82. The summed E-state index contributed by atoms with van der Waals surface area (Å²) in [5.41, 5.74) is 3.26. The molecular formula is C18H20N6O8S2. The number of thioether (sulfide) groups is 1. The highest BCUT2D eigenvalue weighted by Gasteiger charge is 2.68. The minimum absolute atomic E-state index is 0.0633. The number of hydrogen-bond acceptors (Lipinski definition) is 12. The van der Waals surface area contributed by atoms with E-state index in [2.05, 4.69) is 20.3 Å². The normalized spacial score (nSPS) is 21.6. The van der Waals surface area contributed by atoms with Gasteiger partial charge in [-0.2, -0.15) is 0 Å². The van der Waals surface area contributed by atoms with Gasteiger partial charge in [-0.15, -0.1) is 23.1 Å². The number of nitrogens with two attached hydrogens (primary N) is 1. The number of ether oxygens (including phenoxy) is 1. The number of oxime groups is 1. The number of nitrogen functional groups attached to an aromatic ring is 1. The van der Waals surface area contributed by atoms with Crippen LogP contribution in [0.15, 0.2) is 22.3 Å². The van der Waals surface area contributed by atoms with E-state index < -0.39 is 46.5 Å². The van der Waals surface area contributed by atoms with Gasteiger partial charge in [-0.1, -0.05) is 5.16 Å². The van der Waals surface area contributed by atoms with E-state index in [0.717, 1.165) is 34.9 Å². The lowest BCUT2D eigenvalue weighted by Gasteiger charge is -2.53. The number of hydrogen-bond donors (Lipinski definition) is 3. The van der Waals surface area contributed by atoms with Crippen LogP contribution in [0.1, 0.15) is 12.6 Å². The van der Waals surface area contributed by atoms with Crippen LogP contribution in [0.2, 0.25) is 0 Å². The number of nitrogens with zero attached hydrogens (tertiary/aromatic N) is 4. The lowest BCUT2D eigenvalue weighted by Crippen LogP contribution is -2.82. The van der Waals surface area contributed by atoms with Crippen LogP contribution in [-0.2, 0) is 28.8 Å². The van der Waals surface area contributed by atoms with Gasteiger partial charge >= 0.3 is 18.0 Å². The summed E-state index contributed by atoms with van der Waals surface area (Å²) in [5.74, 6) is -4.18. The smallest absolute Gasteiger partial charge is 0.409 e. The predicted octanol–water partition coefficient (Wildman–Crippen LogP) is -0.571. The molecule has 3 amide bonds. The van der Waals surface area contributed by atoms with Crippen molar-refractivity contribution in [3.63, 3.8) is 0 Å². The second-order valence-electron chi connectivity index (χ2n) is 7.27. The maximum Gasteiger partial charge on any atom is 0.409 e. The summed E-state index contributed by atoms with van der Waals surface area (Å²) in [7, 11) is 3.04. The average Bonchev–Trinajstić information content (AvgIpc) is 3.20. The fraction of sp³-hybridized carbons (Fsp3) is 0.389. The number of fused-ring (bicyclic) bond motifs is 1. The summed E-state index contributed by atoms with van der Waals surface area (Å²) < 4.78 is 5.09. The zero-order valence-electron chi connectivity index (χ0n) is 18.1. The summed E-state index contributed by atoms with van der Waals surface area (Å²) in [5, 5.41) is 16.0. The topological polar surface area (TPSA) is 194 Å². The first-order valence-corrected chi connectivity index (χ1v) is 11.4. The lowest BCUT2D eigenvalue weighted by molar-refractivity contribution is -0.169. The number of aromatic nitrogens is 1. The third-order valence-electron chi connectivity index (χ3n) is 4.58. The number of thiazole rings is 1. The molecule has 1 fully saturated rings. The molecule has 14 nitrogen and oxygen atoms in total. The van der Waals surface area contributed by atoms with Crippen molar-refractivity contribution >= 4 is 63.8 Å². The number of carboxylic acids is 1. The Hall–Kier alpha value is -3.66. The third-order valence-corrected chi connectivity index (χ3v) is 6.69. The molecule has 0 unspecified atom stereocenters. The van der Waals surface area contributed by atoms with Gasteiger partial charge < -0.3 is 35.5 Å². The van der Waals surface area contributed by atoms with Crippen LogP contribution in [0.5, 0.6) is 0 Å². The van der Waals surface area contributed by atoms with Gasteiger partial charge in [0.2, 0.25) is 5.54 Å². The standard InChI is InChI=1S/C18H20N6O8S2/c1-8(25)32-22-11(10-7-34-16(19)20-10)12(26)21-18(15(28)29)13(27)24-4-9(6-33-14(18)24)5-31-17(30)23(2)3/h4,7,14H,5-6H2,1-3H3,(H2,19,20)(H,21,26)(H,28,29)/t14-,18+/m0/s1. The van der Waals surface area contributed by atoms with E-state index in [-0.39, 0.29) is 23.2 Å². The van der Waals surface area contributed by atoms with Gasteiger partial charge in [-0.25, -0.2) is 19.4 Å². The molecule has 0 aromatic carbocycles. The minimum atomic E-state index is -2.30. The van der Waals surface area contributed by atoms with Gasteiger partial charge in [0.05, 0.1) is 0 Å². The highest BCUT2D eigenvalue weighted by atomic mass is 32.2. The molecule has 4 N–H and O–H groups in total. The maximum atomic E-state index is 13.0. The van der Waals surface area contributed by atoms with E-state index >= 15 is 0 Å². The summed E-state index contributed by atoms with van der Waals surface area (Å²) in [6.07, 6.45) is 0.826. The number of β-lactam (4-membered cyclic amide) rings is 1. The SMILES string of the molecule is CC(=O)ON=C(C(=O)N[C@]1(C(=O)O)C(=O)N2C=C(COC(=O)N(C)C)CS[C@H]21)c1csc(N)n1. The first kappa shape index (κ1) is 25.0. The summed E-state index contributed by atoms with van der Waals surface area (Å²) in [4.78, 5) is 71.7. The second-order valence-corrected chi connectivity index (χ2v) is 9.23. The summed E-state index contributed by atoms with van der Waals surface area (Å²) in [6.45, 7) is 0.969. The van der Waals surface area contributed by atoms with Crippen molar-refractivity contribution in [1.82, 2.24) is 20.1 Å². The number of nitrogens with one attached hydrogen (secondary N) is 1. The van der Waals surface area contributed by atoms with Crippen molar-refractivity contribution in [2.24, 2.45) is 5.16 Å². The highest BCUT2D eigenvalue weighted by molar-refractivity contribution is 8.00. The van der Waals surface area contributed by atoms with Gasteiger partial charge in [-0.3, -0.25) is 9.59 Å². The molecule has 1 saturated heterocycles. The van der Waals surface area contributed by atoms with Crippen LogP contribution in [-0.4, -0.2) is 92.8 Å². The van der Waals surface area contributed by atoms with E-state index in [1.54, 1.807) is 0 Å². The summed E-state index contributed by atoms with van der Waals surface area (Å²) in [6, 6.07) is 0. The quantitative estimate of drug-likeness (QED) is 0.139. The lowest BCUT2D eigenvalue weighted by atomic mass is 9.87. The number of amides is 3. The van der Waals surface area contributed by atoms with Crippen LogP contribution in [0.4, 0.5) is 9.93 Å². The van der Waals surface area contributed by atoms with Crippen molar-refractivity contribution in [2.75, 3.05) is 32.2 Å². The summed E-state index contributed by atoms with van der Waals surface area (Å²) >= 11 is 2.05. The molecule has 2 atom stereocenters. The molecule has 0 radical (unpaired) electrons. The van der Waals surface area contributed by atoms with Crippen molar-refractivity contribution < 1.29 is 38.7 Å². The van der Waals surface area contributed by atoms with Gasteiger partial charge in [0.1, 0.15) is 17.7 Å². The second kappa shape index (κ2) is 9.68. The fourth-order valence-electron chi connectivity index (χ4n) is 2.99. The molecule has 34 heavy (non-hydrogen) atoms. The average molecular weight is 513 g/mol. The molecule has 0 bridgehead atoms. The van der Waals surface area contributed by atoms with E-state index in [4.69, 9.17) is 10.5 Å². The number of carbonyl (C=O) groups is 5. The van der Waals surface area contributed by atoms with Crippen molar-refractivity contribution in [1.29, 1.82) is 0 Å². The van der Waals surface area contributed by atoms with E-state index in [1.807, 2.05) is 0 Å². The van der Waals surface area contributed by atoms with Crippen LogP contribution >= 0.6 is 23.1 Å². The number of carbonyl (C=O) groups excluding carboxylic acids is 4. The maximum absolute atomic E-state index is 13.0. The largest absolute Gasteiger partial charge is 0.479 e. The highest BCUT2D eigenvalue weighted by Crippen LogP contribution is 2.43. The van der Waals surface area contributed by atoms with Crippen molar-refractivity contribution in [2.45, 2.75) is 17.8 Å². The van der Waals surface area contributed by atoms with Crippen LogP contribution in [0.3, 0.4) is 0 Å². The van der Waals surface area contributed by atoms with Gasteiger partial charge in [0.25, 0.3) is 11.8 Å². The van der Waals surface area contributed by atoms with Crippen molar-refractivity contribution in [3.8, 4) is 0 Å². The van der Waals surface area contributed by atoms with Gasteiger partial charge in [-0.05, 0) is 5.57 Å². The Morgan fingerprint density at radius 3 is 2.68 bits per heavy atom. The first-order valence-electron chi connectivity index (χ1n) is 9.48. The zero-order valence-corrected chi connectivity index (χ0v) is 19.8. The molecule has 1 aromatic heterocycles. The molecule has 2 aliphatic rings. The Morgan fingerprint density at radius 1 is 1.41 bits per heavy atom. The number of carboxylic acid groups (broad SMARTS) is 1. The Bertz CT molecular complexity index is 1120. The molecule has 0 saturated carbocycles. The Kier molecular flexibility index (Phi) is 7.11. The minimum Gasteiger partial charge on any atom is -0.479 e. The van der Waals surface area contributed by atoms with E-state index in [0.29, 0.717) is 5.57 Å². The van der Waals surface area contributed by atoms with Crippen molar-refractivity contribution in [3.05, 3.63) is 22.8 Å². The number of anilines is 1. The molecule has 1 aromatic rings. The van der Waals surface area contributed by atoms with Crippen LogP contribution in [0.25, 0.3) is 0 Å². The van der Waals surface area contributed by atoms with Gasteiger partial charge in [0.15, 0.2) is 10.8 Å². The number of rotatable bonds is 7. The molecule has 182 valence electrons. The Labute approximate surface area is 200 Å². The van der Waals surface area contributed by atoms with E-state index in [9.17, 15) is 29.1 Å². The molecule has 3 rings (SSSR count). The number of aliphatic carboxylic acids is 1. The predicted molar refractivity (Wildman–Crippen MR) is 120 cm³/mol. The molecule has 0 aliphatic carbocycles. The van der Waals surface area contributed by atoms with Crippen LogP contribution < -0.4 is 11.1 Å². The monoisotopic (exact) mass is 512 g/mol. The molecule has 16 heteroatoms.